The maximum Gasteiger partial charge on any atom is 0.339 e. The number of hydrogen-bond donors (Lipinski definition) is 2. The van der Waals surface area contributed by atoms with Gasteiger partial charge in [0.05, 0.1) is 6.20 Å². The number of nitrogens with zero attached hydrogens (tertiary/aromatic N) is 3. The van der Waals surface area contributed by atoms with Crippen LogP contribution in [0, 0.1) is 6.92 Å². The lowest BCUT2D eigenvalue weighted by Crippen LogP contribution is -2.34. The predicted octanol–water partition coefficient (Wildman–Crippen LogP) is 3.86. The van der Waals surface area contributed by atoms with Gasteiger partial charge in [0.1, 0.15) is 11.4 Å². The lowest BCUT2D eigenvalue weighted by Gasteiger charge is -2.33. The Kier molecular flexibility index (Phi) is 4.62. The lowest BCUT2D eigenvalue weighted by molar-refractivity contribution is 0.0697. The molecule has 138 valence electrons. The first kappa shape index (κ1) is 17.3. The van der Waals surface area contributed by atoms with Crippen LogP contribution in [0.15, 0.2) is 48.8 Å². The largest absolute Gasteiger partial charge is 0.478 e. The van der Waals surface area contributed by atoms with E-state index in [2.05, 4.69) is 51.3 Å². The number of aromatic nitrogens is 3. The van der Waals surface area contributed by atoms with Crippen LogP contribution in [-0.4, -0.2) is 39.3 Å². The van der Waals surface area contributed by atoms with Gasteiger partial charge >= 0.3 is 5.97 Å². The van der Waals surface area contributed by atoms with E-state index < -0.39 is 5.97 Å². The number of anilines is 1. The maximum absolute atomic E-state index is 11.5. The van der Waals surface area contributed by atoms with E-state index in [1.807, 2.05) is 6.20 Å². The Hall–Kier alpha value is -3.15. The van der Waals surface area contributed by atoms with Crippen molar-refractivity contribution in [3.8, 4) is 11.1 Å². The molecule has 1 saturated heterocycles. The number of nitrogens with one attached hydrogen (secondary N) is 1. The molecule has 0 aliphatic carbocycles. The maximum atomic E-state index is 11.5. The van der Waals surface area contributed by atoms with E-state index in [0.29, 0.717) is 11.7 Å². The van der Waals surface area contributed by atoms with Crippen LogP contribution in [0.4, 0.5) is 5.82 Å². The summed E-state index contributed by atoms with van der Waals surface area (Å²) >= 11 is 0. The lowest BCUT2D eigenvalue weighted by atomic mass is 9.89. The van der Waals surface area contributed by atoms with Gasteiger partial charge in [-0.1, -0.05) is 29.8 Å². The van der Waals surface area contributed by atoms with Crippen LogP contribution in [0.5, 0.6) is 0 Å². The molecule has 1 aliphatic heterocycles. The number of benzene rings is 1. The van der Waals surface area contributed by atoms with Gasteiger partial charge in [-0.15, -0.1) is 0 Å². The Morgan fingerprint density at radius 2 is 2.04 bits per heavy atom. The number of carboxylic acids is 1. The topological polar surface area (TPSA) is 82.1 Å². The average Bonchev–Trinajstić information content (AvgIpc) is 3.18. The third-order valence-corrected chi connectivity index (χ3v) is 5.22. The minimum absolute atomic E-state index is 0.262. The molecule has 0 atom stereocenters. The molecule has 0 radical (unpaired) electrons. The molecule has 1 fully saturated rings. The highest BCUT2D eigenvalue weighted by molar-refractivity contribution is 5.93. The van der Waals surface area contributed by atoms with Crippen LogP contribution >= 0.6 is 0 Å². The van der Waals surface area contributed by atoms with Gasteiger partial charge in [0.25, 0.3) is 0 Å². The summed E-state index contributed by atoms with van der Waals surface area (Å²) in [4.78, 5) is 17.8. The molecule has 0 spiro atoms. The van der Waals surface area contributed by atoms with Crippen LogP contribution in [0.25, 0.3) is 11.1 Å². The molecular formula is C21H22N4O2. The van der Waals surface area contributed by atoms with Gasteiger partial charge in [-0.25, -0.2) is 9.78 Å². The Balaban J connectivity index is 1.53. The first-order chi connectivity index (χ1) is 13.1. The number of H-pyrrole nitrogens is 1. The minimum Gasteiger partial charge on any atom is -0.478 e. The normalized spacial score (nSPS) is 15.1. The Bertz CT molecular complexity index is 958. The Morgan fingerprint density at radius 1 is 1.22 bits per heavy atom. The van der Waals surface area contributed by atoms with Crippen molar-refractivity contribution < 1.29 is 9.90 Å². The second kappa shape index (κ2) is 7.23. The number of pyridine rings is 1. The van der Waals surface area contributed by atoms with Gasteiger partial charge < -0.3 is 10.0 Å². The molecule has 0 unspecified atom stereocenters. The fourth-order valence-corrected chi connectivity index (χ4v) is 3.85. The zero-order chi connectivity index (χ0) is 18.8. The number of carboxylic acid groups (broad SMARTS) is 1. The van der Waals surface area contributed by atoms with E-state index in [0.717, 1.165) is 31.5 Å². The summed E-state index contributed by atoms with van der Waals surface area (Å²) in [6.45, 7) is 3.64. The third kappa shape index (κ3) is 3.43. The number of carbonyl (C=O) groups is 1. The minimum atomic E-state index is -0.935. The van der Waals surface area contributed by atoms with E-state index in [4.69, 9.17) is 0 Å². The van der Waals surface area contributed by atoms with Gasteiger partial charge in [0.15, 0.2) is 0 Å². The Morgan fingerprint density at radius 3 is 2.78 bits per heavy atom. The van der Waals surface area contributed by atoms with Crippen LogP contribution in [-0.2, 0) is 0 Å². The zero-order valence-electron chi connectivity index (χ0n) is 15.2. The van der Waals surface area contributed by atoms with E-state index in [1.54, 1.807) is 18.3 Å². The number of rotatable bonds is 4. The van der Waals surface area contributed by atoms with E-state index in [-0.39, 0.29) is 5.56 Å². The standard InChI is InChI=1S/C21H22N4O2/c1-14-4-2-5-16(12-14)18-13-23-24-19(18)15-7-10-25(11-8-15)20-17(21(26)27)6-3-9-22-20/h2-6,9,12-13,15H,7-8,10-11H2,1H3,(H,23,24)(H,26,27). The van der Waals surface area contributed by atoms with Crippen LogP contribution in [0.2, 0.25) is 0 Å². The molecule has 6 nitrogen and oxygen atoms in total. The smallest absolute Gasteiger partial charge is 0.339 e. The number of aryl methyl sites for hydroxylation is 1. The molecule has 6 heteroatoms. The van der Waals surface area contributed by atoms with Crippen molar-refractivity contribution in [2.75, 3.05) is 18.0 Å². The molecule has 1 aromatic carbocycles. The number of aromatic amines is 1. The Labute approximate surface area is 157 Å². The van der Waals surface area contributed by atoms with E-state index in [9.17, 15) is 9.90 Å². The molecule has 0 bridgehead atoms. The highest BCUT2D eigenvalue weighted by Gasteiger charge is 2.27. The molecule has 27 heavy (non-hydrogen) atoms. The van der Waals surface area contributed by atoms with Crippen molar-refractivity contribution in [3.05, 3.63) is 65.6 Å². The summed E-state index contributed by atoms with van der Waals surface area (Å²) in [6, 6.07) is 11.7. The third-order valence-electron chi connectivity index (χ3n) is 5.22. The van der Waals surface area contributed by atoms with Gasteiger partial charge in [0.2, 0.25) is 0 Å². The second-order valence-corrected chi connectivity index (χ2v) is 7.01. The molecule has 1 aliphatic rings. The van der Waals surface area contributed by atoms with Gasteiger partial charge in [-0.3, -0.25) is 5.10 Å². The van der Waals surface area contributed by atoms with Crippen molar-refractivity contribution in [2.45, 2.75) is 25.7 Å². The monoisotopic (exact) mass is 362 g/mol. The van der Waals surface area contributed by atoms with Gasteiger partial charge in [-0.05, 0) is 37.5 Å². The van der Waals surface area contributed by atoms with Crippen molar-refractivity contribution in [1.82, 2.24) is 15.2 Å². The summed E-state index contributed by atoms with van der Waals surface area (Å²) in [6.07, 6.45) is 5.41. The molecule has 2 aromatic heterocycles. The fraction of sp³-hybridized carbons (Fsp3) is 0.286. The first-order valence-electron chi connectivity index (χ1n) is 9.17. The van der Waals surface area contributed by atoms with Crippen molar-refractivity contribution >= 4 is 11.8 Å². The molecular weight excluding hydrogens is 340 g/mol. The number of piperidine rings is 1. The second-order valence-electron chi connectivity index (χ2n) is 7.01. The first-order valence-corrected chi connectivity index (χ1v) is 9.17. The summed E-state index contributed by atoms with van der Waals surface area (Å²) in [7, 11) is 0. The van der Waals surface area contributed by atoms with E-state index >= 15 is 0 Å². The summed E-state index contributed by atoms with van der Waals surface area (Å²) in [5.41, 5.74) is 4.99. The zero-order valence-corrected chi connectivity index (χ0v) is 15.2. The van der Waals surface area contributed by atoms with Crippen molar-refractivity contribution in [3.63, 3.8) is 0 Å². The summed E-state index contributed by atoms with van der Waals surface area (Å²) < 4.78 is 0. The van der Waals surface area contributed by atoms with Crippen LogP contribution < -0.4 is 4.90 Å². The van der Waals surface area contributed by atoms with Gasteiger partial charge in [0, 0.05) is 36.5 Å². The van der Waals surface area contributed by atoms with Crippen LogP contribution in [0.1, 0.15) is 40.4 Å². The van der Waals surface area contributed by atoms with Crippen LogP contribution in [0.3, 0.4) is 0 Å². The average molecular weight is 362 g/mol. The highest BCUT2D eigenvalue weighted by atomic mass is 16.4. The molecule has 4 rings (SSSR count). The molecule has 3 heterocycles. The number of hydrogen-bond acceptors (Lipinski definition) is 4. The fourth-order valence-electron chi connectivity index (χ4n) is 3.85. The van der Waals surface area contributed by atoms with E-state index in [1.165, 1.54) is 16.8 Å². The molecule has 0 saturated carbocycles. The summed E-state index contributed by atoms with van der Waals surface area (Å²) in [5, 5.41) is 16.9. The highest BCUT2D eigenvalue weighted by Crippen LogP contribution is 2.35. The number of aromatic carboxylic acids is 1. The summed E-state index contributed by atoms with van der Waals surface area (Å²) in [5.74, 6) is -0.00116. The van der Waals surface area contributed by atoms with Crippen molar-refractivity contribution in [2.24, 2.45) is 0 Å². The molecule has 0 amide bonds. The van der Waals surface area contributed by atoms with Gasteiger partial charge in [-0.2, -0.15) is 5.10 Å². The van der Waals surface area contributed by atoms with Crippen molar-refractivity contribution in [1.29, 1.82) is 0 Å². The SMILES string of the molecule is Cc1cccc(-c2cn[nH]c2C2CCN(c3ncccc3C(=O)O)CC2)c1. The molecule has 3 aromatic rings. The quantitative estimate of drug-likeness (QED) is 0.736. The predicted molar refractivity (Wildman–Crippen MR) is 104 cm³/mol. The molecule has 2 N–H and O–H groups in total.